The Bertz CT molecular complexity index is 431. The molecule has 2 rings (SSSR count). The summed E-state index contributed by atoms with van der Waals surface area (Å²) in [5, 5.41) is 5.96. The van der Waals surface area contributed by atoms with Crippen LogP contribution in [0, 0.1) is 0 Å². The van der Waals surface area contributed by atoms with E-state index in [-0.39, 0.29) is 18.6 Å². The summed E-state index contributed by atoms with van der Waals surface area (Å²) < 4.78 is 10.9. The van der Waals surface area contributed by atoms with E-state index in [9.17, 15) is 4.79 Å². The lowest BCUT2D eigenvalue weighted by atomic mass is 10.2. The second-order valence-corrected chi connectivity index (χ2v) is 4.75. The van der Waals surface area contributed by atoms with Crippen LogP contribution in [-0.4, -0.2) is 38.3 Å². The van der Waals surface area contributed by atoms with Crippen molar-refractivity contribution in [3.8, 4) is 5.75 Å². The topological polar surface area (TPSA) is 59.6 Å². The third-order valence-corrected chi connectivity index (χ3v) is 3.15. The van der Waals surface area contributed by atoms with Crippen molar-refractivity contribution in [3.05, 3.63) is 24.3 Å². The molecule has 1 saturated heterocycles. The zero-order valence-electron chi connectivity index (χ0n) is 11.9. The molecule has 110 valence electrons. The van der Waals surface area contributed by atoms with Gasteiger partial charge in [0, 0.05) is 24.9 Å². The highest BCUT2D eigenvalue weighted by Gasteiger charge is 2.15. The first-order valence-electron chi connectivity index (χ1n) is 7.13. The number of carbonyl (C=O) groups excluding carboxylic acids is 1. The van der Waals surface area contributed by atoms with Gasteiger partial charge in [-0.3, -0.25) is 4.79 Å². The van der Waals surface area contributed by atoms with E-state index in [1.807, 2.05) is 31.2 Å². The summed E-state index contributed by atoms with van der Waals surface area (Å²) >= 11 is 0. The van der Waals surface area contributed by atoms with Gasteiger partial charge < -0.3 is 20.1 Å². The molecule has 1 aliphatic rings. The van der Waals surface area contributed by atoms with Crippen LogP contribution in [0.3, 0.4) is 0 Å². The van der Waals surface area contributed by atoms with Gasteiger partial charge in [0.05, 0.1) is 19.3 Å². The minimum Gasteiger partial charge on any atom is -0.494 e. The smallest absolute Gasteiger partial charge is 0.239 e. The average Bonchev–Trinajstić information content (AvgIpc) is 2.97. The molecule has 1 aliphatic heterocycles. The number of nitrogens with one attached hydrogen (secondary N) is 2. The van der Waals surface area contributed by atoms with Gasteiger partial charge in [0.1, 0.15) is 5.75 Å². The molecule has 1 unspecified atom stereocenters. The molecule has 0 bridgehead atoms. The van der Waals surface area contributed by atoms with Crippen LogP contribution in [0.5, 0.6) is 5.75 Å². The molecule has 0 spiro atoms. The maximum atomic E-state index is 11.7. The fraction of sp³-hybridized carbons (Fsp3) is 0.533. The Labute approximate surface area is 119 Å². The standard InChI is InChI=1S/C15H22N2O3/c1-2-19-13-6-3-5-12(9-13)16-11-15(18)17-10-14-7-4-8-20-14/h3,5-6,9,14,16H,2,4,7-8,10-11H2,1H3,(H,17,18). The summed E-state index contributed by atoms with van der Waals surface area (Å²) in [6.07, 6.45) is 2.30. The number of hydrogen-bond donors (Lipinski definition) is 2. The van der Waals surface area contributed by atoms with Gasteiger partial charge in [-0.25, -0.2) is 0 Å². The van der Waals surface area contributed by atoms with Crippen LogP contribution in [0.25, 0.3) is 0 Å². The monoisotopic (exact) mass is 278 g/mol. The molecule has 1 aromatic rings. The molecule has 0 radical (unpaired) electrons. The van der Waals surface area contributed by atoms with E-state index < -0.39 is 0 Å². The zero-order chi connectivity index (χ0) is 14.2. The lowest BCUT2D eigenvalue weighted by Gasteiger charge is -2.12. The van der Waals surface area contributed by atoms with Crippen molar-refractivity contribution in [1.82, 2.24) is 5.32 Å². The highest BCUT2D eigenvalue weighted by Crippen LogP contribution is 2.16. The highest BCUT2D eigenvalue weighted by molar-refractivity contribution is 5.80. The molecule has 1 amide bonds. The van der Waals surface area contributed by atoms with E-state index in [0.29, 0.717) is 13.2 Å². The molecular weight excluding hydrogens is 256 g/mol. The summed E-state index contributed by atoms with van der Waals surface area (Å²) in [4.78, 5) is 11.7. The van der Waals surface area contributed by atoms with E-state index in [4.69, 9.17) is 9.47 Å². The first kappa shape index (κ1) is 14.7. The van der Waals surface area contributed by atoms with Crippen LogP contribution in [0.1, 0.15) is 19.8 Å². The molecule has 5 nitrogen and oxygen atoms in total. The predicted octanol–water partition coefficient (Wildman–Crippen LogP) is 1.79. The number of anilines is 1. The number of rotatable bonds is 7. The first-order chi connectivity index (χ1) is 9.78. The molecule has 0 saturated carbocycles. The number of benzene rings is 1. The molecule has 1 heterocycles. The lowest BCUT2D eigenvalue weighted by molar-refractivity contribution is -0.119. The third-order valence-electron chi connectivity index (χ3n) is 3.15. The Kier molecular flexibility index (Phi) is 5.68. The van der Waals surface area contributed by atoms with Gasteiger partial charge in [0.15, 0.2) is 0 Å². The second-order valence-electron chi connectivity index (χ2n) is 4.75. The van der Waals surface area contributed by atoms with Crippen molar-refractivity contribution in [2.45, 2.75) is 25.9 Å². The van der Waals surface area contributed by atoms with Crippen molar-refractivity contribution >= 4 is 11.6 Å². The van der Waals surface area contributed by atoms with Gasteiger partial charge in [-0.15, -0.1) is 0 Å². The first-order valence-corrected chi connectivity index (χ1v) is 7.13. The number of carbonyl (C=O) groups is 1. The van der Waals surface area contributed by atoms with E-state index in [2.05, 4.69) is 10.6 Å². The summed E-state index contributed by atoms with van der Waals surface area (Å²) in [5.41, 5.74) is 0.878. The predicted molar refractivity (Wildman–Crippen MR) is 78.1 cm³/mol. The van der Waals surface area contributed by atoms with Crippen LogP contribution in [0.15, 0.2) is 24.3 Å². The summed E-state index contributed by atoms with van der Waals surface area (Å²) in [6.45, 7) is 4.23. The molecule has 0 aromatic heterocycles. The van der Waals surface area contributed by atoms with Gasteiger partial charge in [0.25, 0.3) is 0 Å². The maximum Gasteiger partial charge on any atom is 0.239 e. The Morgan fingerprint density at radius 2 is 2.40 bits per heavy atom. The second kappa shape index (κ2) is 7.75. The Balaban J connectivity index is 1.70. The molecule has 1 fully saturated rings. The summed E-state index contributed by atoms with van der Waals surface area (Å²) in [6, 6.07) is 7.59. The Morgan fingerprint density at radius 3 is 3.15 bits per heavy atom. The van der Waals surface area contributed by atoms with Gasteiger partial charge in [-0.05, 0) is 31.9 Å². The third kappa shape index (κ3) is 4.74. The van der Waals surface area contributed by atoms with Crippen molar-refractivity contribution in [3.63, 3.8) is 0 Å². The fourth-order valence-electron chi connectivity index (χ4n) is 2.14. The fourth-order valence-corrected chi connectivity index (χ4v) is 2.14. The molecule has 2 N–H and O–H groups in total. The van der Waals surface area contributed by atoms with Crippen LogP contribution in [0.2, 0.25) is 0 Å². The van der Waals surface area contributed by atoms with E-state index in [1.54, 1.807) is 0 Å². The summed E-state index contributed by atoms with van der Waals surface area (Å²) in [5.74, 6) is 0.777. The SMILES string of the molecule is CCOc1cccc(NCC(=O)NCC2CCCO2)c1. The Morgan fingerprint density at radius 1 is 1.50 bits per heavy atom. The van der Waals surface area contributed by atoms with Crippen LogP contribution in [-0.2, 0) is 9.53 Å². The summed E-state index contributed by atoms with van der Waals surface area (Å²) in [7, 11) is 0. The van der Waals surface area contributed by atoms with Crippen molar-refractivity contribution in [1.29, 1.82) is 0 Å². The van der Waals surface area contributed by atoms with Crippen molar-refractivity contribution in [2.24, 2.45) is 0 Å². The van der Waals surface area contributed by atoms with Crippen LogP contribution >= 0.6 is 0 Å². The molecule has 1 atom stereocenters. The van der Waals surface area contributed by atoms with Gasteiger partial charge in [-0.1, -0.05) is 6.07 Å². The normalized spacial score (nSPS) is 17.8. The van der Waals surface area contributed by atoms with Gasteiger partial charge in [-0.2, -0.15) is 0 Å². The molecule has 20 heavy (non-hydrogen) atoms. The lowest BCUT2D eigenvalue weighted by Crippen LogP contribution is -2.35. The number of ether oxygens (including phenoxy) is 2. The van der Waals surface area contributed by atoms with Crippen LogP contribution in [0.4, 0.5) is 5.69 Å². The minimum absolute atomic E-state index is 0.0256. The number of hydrogen-bond acceptors (Lipinski definition) is 4. The number of amides is 1. The maximum absolute atomic E-state index is 11.7. The molecular formula is C15H22N2O3. The van der Waals surface area contributed by atoms with Crippen molar-refractivity contribution < 1.29 is 14.3 Å². The minimum atomic E-state index is -0.0256. The van der Waals surface area contributed by atoms with E-state index in [1.165, 1.54) is 0 Å². The molecule has 5 heteroatoms. The quantitative estimate of drug-likeness (QED) is 0.798. The van der Waals surface area contributed by atoms with E-state index >= 15 is 0 Å². The van der Waals surface area contributed by atoms with Crippen LogP contribution < -0.4 is 15.4 Å². The van der Waals surface area contributed by atoms with Gasteiger partial charge in [0.2, 0.25) is 5.91 Å². The van der Waals surface area contributed by atoms with E-state index in [0.717, 1.165) is 30.9 Å². The zero-order valence-corrected chi connectivity index (χ0v) is 11.9. The molecule has 0 aliphatic carbocycles. The largest absolute Gasteiger partial charge is 0.494 e. The Hall–Kier alpha value is -1.75. The average molecular weight is 278 g/mol. The van der Waals surface area contributed by atoms with Gasteiger partial charge >= 0.3 is 0 Å². The van der Waals surface area contributed by atoms with Crippen molar-refractivity contribution in [2.75, 3.05) is 31.6 Å². The molecule has 1 aromatic carbocycles. The highest BCUT2D eigenvalue weighted by atomic mass is 16.5.